The molecule has 0 aliphatic carbocycles. The van der Waals surface area contributed by atoms with E-state index in [1.54, 1.807) is 13.0 Å². The minimum atomic E-state index is -4.70. The van der Waals surface area contributed by atoms with E-state index in [0.717, 1.165) is 16.8 Å². The molecule has 0 radical (unpaired) electrons. The fourth-order valence-electron chi connectivity index (χ4n) is 3.43. The summed E-state index contributed by atoms with van der Waals surface area (Å²) in [6, 6.07) is 6.33. The third-order valence-corrected chi connectivity index (χ3v) is 5.30. The quantitative estimate of drug-likeness (QED) is 0.380. The first-order chi connectivity index (χ1) is 16.5. The van der Waals surface area contributed by atoms with Crippen molar-refractivity contribution in [2.75, 3.05) is 16.8 Å². The Morgan fingerprint density at radius 1 is 1.20 bits per heavy atom. The summed E-state index contributed by atoms with van der Waals surface area (Å²) in [5.41, 5.74) is 9.53. The summed E-state index contributed by atoms with van der Waals surface area (Å²) in [6.07, 6.45) is -2.96. The maximum Gasteiger partial charge on any atom is 0.417 e. The van der Waals surface area contributed by atoms with Crippen LogP contribution in [-0.4, -0.2) is 24.5 Å². The van der Waals surface area contributed by atoms with Crippen molar-refractivity contribution in [2.24, 2.45) is 0 Å². The summed E-state index contributed by atoms with van der Waals surface area (Å²) in [7, 11) is 0. The van der Waals surface area contributed by atoms with Crippen molar-refractivity contribution < 1.29 is 13.2 Å². The van der Waals surface area contributed by atoms with Crippen LogP contribution in [0.15, 0.2) is 41.5 Å². The van der Waals surface area contributed by atoms with Gasteiger partial charge in [0.1, 0.15) is 23.3 Å². The zero-order valence-corrected chi connectivity index (χ0v) is 18.6. The number of alkyl halides is 3. The Morgan fingerprint density at radius 2 is 1.94 bits per heavy atom. The lowest BCUT2D eigenvalue weighted by Gasteiger charge is -2.21. The van der Waals surface area contributed by atoms with Gasteiger partial charge in [0.15, 0.2) is 5.82 Å². The number of hydrogen-bond donors (Lipinski definition) is 3. The van der Waals surface area contributed by atoms with Gasteiger partial charge in [-0.2, -0.15) is 28.4 Å². The molecule has 0 saturated heterocycles. The van der Waals surface area contributed by atoms with Crippen molar-refractivity contribution in [3.63, 3.8) is 0 Å². The number of nitrogens with zero attached hydrogens (tertiary/aromatic N) is 6. The number of nitrogens with two attached hydrogens (primary N) is 2. The van der Waals surface area contributed by atoms with Crippen LogP contribution < -0.4 is 22.3 Å². The number of hydrogen-bond acceptors (Lipinski definition) is 9. The number of benzene rings is 1. The molecule has 0 aliphatic rings. The molecule has 1 aromatic carbocycles. The molecule has 35 heavy (non-hydrogen) atoms. The van der Waals surface area contributed by atoms with Gasteiger partial charge in [-0.3, -0.25) is 14.3 Å². The molecular formula is C21H15ClF3N9O. The van der Waals surface area contributed by atoms with Gasteiger partial charge < -0.3 is 16.8 Å². The molecule has 0 unspecified atom stereocenters. The van der Waals surface area contributed by atoms with Gasteiger partial charge in [-0.1, -0.05) is 17.7 Å². The Morgan fingerprint density at radius 3 is 2.63 bits per heavy atom. The van der Waals surface area contributed by atoms with E-state index in [0.29, 0.717) is 6.20 Å². The van der Waals surface area contributed by atoms with Crippen molar-refractivity contribution in [1.82, 2.24) is 24.5 Å². The van der Waals surface area contributed by atoms with Crippen molar-refractivity contribution in [3.05, 3.63) is 69.0 Å². The van der Waals surface area contributed by atoms with Crippen LogP contribution in [0, 0.1) is 11.3 Å². The van der Waals surface area contributed by atoms with E-state index >= 15 is 0 Å². The molecule has 0 saturated carbocycles. The first-order valence-corrected chi connectivity index (χ1v) is 10.2. The Bertz CT molecular complexity index is 1560. The van der Waals surface area contributed by atoms with Crippen LogP contribution in [0.25, 0.3) is 16.6 Å². The van der Waals surface area contributed by atoms with Gasteiger partial charge in [0, 0.05) is 6.20 Å². The third kappa shape index (κ3) is 4.38. The van der Waals surface area contributed by atoms with E-state index < -0.39 is 23.3 Å². The number of pyridine rings is 1. The topological polar surface area (TPSA) is 161 Å². The summed E-state index contributed by atoms with van der Waals surface area (Å²) in [6.45, 7) is 1.56. The zero-order valence-electron chi connectivity index (χ0n) is 17.8. The maximum atomic E-state index is 13.5. The van der Waals surface area contributed by atoms with Crippen LogP contribution in [0.3, 0.4) is 0 Å². The second-order valence-electron chi connectivity index (χ2n) is 7.34. The van der Waals surface area contributed by atoms with E-state index in [-0.39, 0.29) is 50.6 Å². The largest absolute Gasteiger partial charge is 0.417 e. The van der Waals surface area contributed by atoms with Crippen molar-refractivity contribution in [1.29, 1.82) is 5.26 Å². The number of halogens is 4. The van der Waals surface area contributed by atoms with Crippen molar-refractivity contribution >= 4 is 40.1 Å². The number of nitrogen functional groups attached to an aromatic ring is 2. The molecule has 0 aliphatic heterocycles. The Hall–Kier alpha value is -4.44. The summed E-state index contributed by atoms with van der Waals surface area (Å²) < 4.78 is 41.1. The van der Waals surface area contributed by atoms with E-state index in [1.807, 2.05) is 6.07 Å². The third-order valence-electron chi connectivity index (χ3n) is 4.99. The number of nitrogens with one attached hydrogen (secondary N) is 1. The molecule has 3 aromatic heterocycles. The fraction of sp³-hybridized carbons (Fsp3) is 0.143. The normalized spacial score (nSPS) is 12.3. The van der Waals surface area contributed by atoms with E-state index in [4.69, 9.17) is 23.1 Å². The molecular weight excluding hydrogens is 487 g/mol. The van der Waals surface area contributed by atoms with Gasteiger partial charge in [0.2, 0.25) is 5.95 Å². The molecule has 0 spiro atoms. The molecule has 14 heteroatoms. The van der Waals surface area contributed by atoms with Gasteiger partial charge in [-0.25, -0.2) is 4.98 Å². The molecule has 178 valence electrons. The number of anilines is 3. The second kappa shape index (κ2) is 8.73. The van der Waals surface area contributed by atoms with Crippen molar-refractivity contribution in [3.8, 4) is 11.8 Å². The van der Waals surface area contributed by atoms with Crippen molar-refractivity contribution in [2.45, 2.75) is 19.1 Å². The monoisotopic (exact) mass is 501 g/mol. The van der Waals surface area contributed by atoms with Crippen LogP contribution in [-0.2, 0) is 6.18 Å². The molecule has 1 atom stereocenters. The Labute approximate surface area is 200 Å². The smallest absolute Gasteiger partial charge is 0.382 e. The minimum Gasteiger partial charge on any atom is -0.382 e. The number of rotatable bonds is 4. The maximum absolute atomic E-state index is 13.5. The number of fused-ring (bicyclic) bond motifs is 1. The van der Waals surface area contributed by atoms with E-state index in [1.165, 1.54) is 12.1 Å². The minimum absolute atomic E-state index is 0.00876. The van der Waals surface area contributed by atoms with E-state index in [2.05, 4.69) is 25.3 Å². The summed E-state index contributed by atoms with van der Waals surface area (Å²) in [5.74, 6) is -0.439. The molecule has 0 bridgehead atoms. The summed E-state index contributed by atoms with van der Waals surface area (Å²) >= 11 is 6.22. The standard InChI is InChI=1S/C21H15ClF3N9O/c1-9(30-17-12(6-26)16(27)32-20(28)33-17)18-31-14-4-2-3-13(22)15(14)19(35)34(18)11-5-10(7-29-8-11)21(23,24)25/h2-5,7-9H,1H3,(H5,27,28,30,32,33)/t9-/m0/s1. The molecule has 10 nitrogen and oxygen atoms in total. The first-order valence-electron chi connectivity index (χ1n) is 9.84. The molecule has 4 rings (SSSR count). The Kier molecular flexibility index (Phi) is 5.91. The van der Waals surface area contributed by atoms with Crippen LogP contribution >= 0.6 is 11.6 Å². The predicted octanol–water partition coefficient (Wildman–Crippen LogP) is 3.45. The highest BCUT2D eigenvalue weighted by molar-refractivity contribution is 6.35. The molecule has 5 N–H and O–H groups in total. The molecule has 3 heterocycles. The number of nitriles is 1. The van der Waals surface area contributed by atoms with Gasteiger partial charge in [0.05, 0.1) is 39.4 Å². The van der Waals surface area contributed by atoms with Gasteiger partial charge >= 0.3 is 6.18 Å². The van der Waals surface area contributed by atoms with Crippen LogP contribution in [0.1, 0.15) is 29.9 Å². The van der Waals surface area contributed by atoms with Gasteiger partial charge in [0.25, 0.3) is 5.56 Å². The van der Waals surface area contributed by atoms with E-state index in [9.17, 15) is 23.2 Å². The summed E-state index contributed by atoms with van der Waals surface area (Å²) in [4.78, 5) is 29.3. The highest BCUT2D eigenvalue weighted by atomic mass is 35.5. The van der Waals surface area contributed by atoms with Crippen LogP contribution in [0.5, 0.6) is 0 Å². The van der Waals surface area contributed by atoms with Crippen LogP contribution in [0.4, 0.5) is 30.8 Å². The van der Waals surface area contributed by atoms with Crippen LogP contribution in [0.2, 0.25) is 5.02 Å². The first kappa shape index (κ1) is 23.7. The average molecular weight is 502 g/mol. The lowest BCUT2D eigenvalue weighted by Crippen LogP contribution is -2.28. The fourth-order valence-corrected chi connectivity index (χ4v) is 3.68. The number of aromatic nitrogens is 5. The molecule has 0 fully saturated rings. The lowest BCUT2D eigenvalue weighted by atomic mass is 10.2. The average Bonchev–Trinajstić information content (AvgIpc) is 2.78. The lowest BCUT2D eigenvalue weighted by molar-refractivity contribution is -0.137. The highest BCUT2D eigenvalue weighted by Crippen LogP contribution is 2.31. The summed E-state index contributed by atoms with van der Waals surface area (Å²) in [5, 5.41) is 12.4. The second-order valence-corrected chi connectivity index (χ2v) is 7.75. The molecule has 0 amide bonds. The Balaban J connectivity index is 1.97. The SMILES string of the molecule is C[C@H](Nc1nc(N)nc(N)c1C#N)c1nc2cccc(Cl)c2c(=O)n1-c1cncc(C(F)(F)F)c1. The predicted molar refractivity (Wildman–Crippen MR) is 123 cm³/mol. The molecule has 4 aromatic rings. The van der Waals surface area contributed by atoms with Gasteiger partial charge in [-0.15, -0.1) is 0 Å². The highest BCUT2D eigenvalue weighted by Gasteiger charge is 2.32. The van der Waals surface area contributed by atoms with Gasteiger partial charge in [-0.05, 0) is 25.1 Å². The zero-order chi connectivity index (χ0) is 25.5.